The van der Waals surface area contributed by atoms with Gasteiger partial charge in [-0.2, -0.15) is 0 Å². The van der Waals surface area contributed by atoms with Gasteiger partial charge in [0, 0.05) is 0 Å². The average Bonchev–Trinajstić information content (AvgIpc) is 3.05. The van der Waals surface area contributed by atoms with Gasteiger partial charge in [-0.15, -0.1) is 0 Å². The Morgan fingerprint density at radius 1 is 0.967 bits per heavy atom. The van der Waals surface area contributed by atoms with Gasteiger partial charge >= 0.3 is 187 Å². The van der Waals surface area contributed by atoms with E-state index in [0.29, 0.717) is 13.0 Å². The molecule has 0 spiro atoms. The predicted molar refractivity (Wildman–Crippen MR) is 129 cm³/mol. The van der Waals surface area contributed by atoms with Gasteiger partial charge in [-0.05, 0) is 0 Å². The fraction of sp³-hybridized carbons (Fsp3) is 0.696. The van der Waals surface area contributed by atoms with Crippen LogP contribution in [0.25, 0.3) is 10.9 Å². The molecule has 0 aliphatic rings. The first-order chi connectivity index (χ1) is 14.3. The van der Waals surface area contributed by atoms with Crippen molar-refractivity contribution in [2.45, 2.75) is 85.6 Å². The van der Waals surface area contributed by atoms with Crippen molar-refractivity contribution in [3.63, 3.8) is 0 Å². The maximum atomic E-state index is 14.1. The molecule has 0 unspecified atom stereocenters. The maximum absolute atomic E-state index is 14.1. The Hall–Kier alpha value is -0.631. The summed E-state index contributed by atoms with van der Waals surface area (Å²) in [6, 6.07) is 5.07. The molecule has 0 amide bonds. The SMILES string of the molecule is CCC[CH2][Sn]([CH2]CCC)([CH2]CCC)[c]1nn(CCCS(C)(=O)=O)c2cc(F)ccc12. The number of hydrogen-bond acceptors (Lipinski definition) is 3. The van der Waals surface area contributed by atoms with Crippen LogP contribution < -0.4 is 3.71 Å². The number of benzene rings is 1. The van der Waals surface area contributed by atoms with Crippen molar-refractivity contribution in [2.75, 3.05) is 12.0 Å². The number of rotatable bonds is 14. The summed E-state index contributed by atoms with van der Waals surface area (Å²) in [5, 5.41) is 6.25. The van der Waals surface area contributed by atoms with Gasteiger partial charge in [-0.3, -0.25) is 0 Å². The van der Waals surface area contributed by atoms with E-state index in [-0.39, 0.29) is 11.6 Å². The number of aromatic nitrogens is 2. The number of fused-ring (bicyclic) bond motifs is 1. The Balaban J connectivity index is 2.55. The Morgan fingerprint density at radius 3 is 2.03 bits per heavy atom. The van der Waals surface area contributed by atoms with Crippen molar-refractivity contribution in [1.82, 2.24) is 9.78 Å². The normalized spacial score (nSPS) is 12.7. The van der Waals surface area contributed by atoms with Crippen molar-refractivity contribution in [3.05, 3.63) is 24.0 Å². The predicted octanol–water partition coefficient (Wildman–Crippen LogP) is 5.67. The number of aryl methyl sites for hydroxylation is 1. The summed E-state index contributed by atoms with van der Waals surface area (Å²) in [4.78, 5) is 0. The van der Waals surface area contributed by atoms with Crippen LogP contribution >= 0.6 is 0 Å². The number of sulfone groups is 1. The van der Waals surface area contributed by atoms with Crippen molar-refractivity contribution in [1.29, 1.82) is 0 Å². The molecule has 0 bridgehead atoms. The summed E-state index contributed by atoms with van der Waals surface area (Å²) in [6.45, 7) is 7.29. The second kappa shape index (κ2) is 11.8. The zero-order valence-corrected chi connectivity index (χ0v) is 22.9. The van der Waals surface area contributed by atoms with E-state index in [1.807, 2.05) is 10.7 Å². The van der Waals surface area contributed by atoms with Crippen LogP contribution in [0.1, 0.15) is 65.7 Å². The third-order valence-electron chi connectivity index (χ3n) is 6.13. The average molecular weight is 545 g/mol. The van der Waals surface area contributed by atoms with Gasteiger partial charge in [-0.1, -0.05) is 0 Å². The molecule has 4 nitrogen and oxygen atoms in total. The summed E-state index contributed by atoms with van der Waals surface area (Å²) in [7, 11) is -3.02. The first-order valence-electron chi connectivity index (χ1n) is 11.6. The van der Waals surface area contributed by atoms with Crippen molar-refractivity contribution >= 4 is 42.8 Å². The van der Waals surface area contributed by atoms with Gasteiger partial charge in [0.15, 0.2) is 0 Å². The molecule has 0 saturated heterocycles. The molecular weight excluding hydrogens is 506 g/mol. The fourth-order valence-electron chi connectivity index (χ4n) is 4.46. The van der Waals surface area contributed by atoms with Gasteiger partial charge in [0.25, 0.3) is 0 Å². The number of nitrogens with zero attached hydrogens (tertiary/aromatic N) is 2. The van der Waals surface area contributed by atoms with Gasteiger partial charge in [-0.25, -0.2) is 0 Å². The van der Waals surface area contributed by atoms with E-state index >= 15 is 0 Å². The molecular formula is C23H39FN2O2SSn. The topological polar surface area (TPSA) is 52.0 Å². The van der Waals surface area contributed by atoms with Gasteiger partial charge in [0.1, 0.15) is 0 Å². The van der Waals surface area contributed by atoms with Crippen LogP contribution in [0.5, 0.6) is 0 Å². The first kappa shape index (κ1) is 25.6. The summed E-state index contributed by atoms with van der Waals surface area (Å²) in [5.74, 6) is -0.121. The molecule has 1 heterocycles. The Kier molecular flexibility index (Phi) is 10.1. The van der Waals surface area contributed by atoms with E-state index in [2.05, 4.69) is 20.8 Å². The Morgan fingerprint density at radius 2 is 1.53 bits per heavy atom. The van der Waals surface area contributed by atoms with E-state index in [4.69, 9.17) is 5.10 Å². The van der Waals surface area contributed by atoms with Crippen LogP contribution in [-0.2, 0) is 16.4 Å². The second-order valence-corrected chi connectivity index (χ2v) is 24.0. The molecule has 0 radical (unpaired) electrons. The Labute approximate surface area is 186 Å². The summed E-state index contributed by atoms with van der Waals surface area (Å²) < 4.78 is 44.4. The molecule has 0 atom stereocenters. The molecule has 2 rings (SSSR count). The molecule has 0 fully saturated rings. The molecule has 0 aliphatic carbocycles. The minimum atomic E-state index is -3.02. The Bertz CT molecular complexity index is 890. The van der Waals surface area contributed by atoms with Crippen molar-refractivity contribution < 1.29 is 12.8 Å². The van der Waals surface area contributed by atoms with E-state index in [0.717, 1.165) is 10.9 Å². The summed E-state index contributed by atoms with van der Waals surface area (Å²) in [5.41, 5.74) is 0.837. The number of unbranched alkanes of at least 4 members (excludes halogenated alkanes) is 3. The quantitative estimate of drug-likeness (QED) is 0.288. The molecule has 0 aliphatic heterocycles. The first-order valence-corrected chi connectivity index (χ1v) is 21.1. The number of halogens is 1. The molecule has 7 heteroatoms. The van der Waals surface area contributed by atoms with Crippen LogP contribution in [-0.4, -0.2) is 48.6 Å². The van der Waals surface area contributed by atoms with Gasteiger partial charge in [0.05, 0.1) is 0 Å². The summed E-state index contributed by atoms with van der Waals surface area (Å²) >= 11 is -2.79. The van der Waals surface area contributed by atoms with Gasteiger partial charge in [0.2, 0.25) is 0 Å². The molecule has 170 valence electrons. The van der Waals surface area contributed by atoms with E-state index in [9.17, 15) is 12.8 Å². The minimum absolute atomic E-state index is 0.134. The van der Waals surface area contributed by atoms with Crippen molar-refractivity contribution in [3.8, 4) is 0 Å². The number of hydrogen-bond donors (Lipinski definition) is 0. The van der Waals surface area contributed by atoms with Crippen LogP contribution in [0.4, 0.5) is 4.39 Å². The molecule has 0 saturated carbocycles. The molecule has 1 aromatic carbocycles. The zero-order chi connectivity index (χ0) is 22.2. The van der Waals surface area contributed by atoms with Crippen LogP contribution in [0.15, 0.2) is 18.2 Å². The fourth-order valence-corrected chi connectivity index (χ4v) is 21.3. The molecule has 0 N–H and O–H groups in total. The van der Waals surface area contributed by atoms with Gasteiger partial charge < -0.3 is 0 Å². The molecule has 2 aromatic rings. The van der Waals surface area contributed by atoms with Crippen LogP contribution in [0.2, 0.25) is 13.3 Å². The van der Waals surface area contributed by atoms with E-state index in [1.165, 1.54) is 61.8 Å². The summed E-state index contributed by atoms with van der Waals surface area (Å²) in [6.07, 6.45) is 9.08. The van der Waals surface area contributed by atoms with Crippen LogP contribution in [0.3, 0.4) is 0 Å². The van der Waals surface area contributed by atoms with E-state index < -0.39 is 28.2 Å². The molecule has 30 heavy (non-hydrogen) atoms. The monoisotopic (exact) mass is 546 g/mol. The molecule has 1 aromatic heterocycles. The van der Waals surface area contributed by atoms with Crippen molar-refractivity contribution in [2.24, 2.45) is 0 Å². The second-order valence-electron chi connectivity index (χ2n) is 8.81. The third-order valence-corrected chi connectivity index (χ3v) is 22.3. The zero-order valence-electron chi connectivity index (χ0n) is 19.2. The standard InChI is InChI=1S/C11H12FN2O2S.3C4H9.Sn/c1-17(15,16)6-2-5-14-11-7-10(12)4-3-9(11)8-13-14;3*1-3-4-2;/h3-4,7H,2,5-6H2,1H3;3*1,3-4H2,2H3;. The third kappa shape index (κ3) is 6.94. The van der Waals surface area contributed by atoms with E-state index in [1.54, 1.807) is 12.1 Å². The van der Waals surface area contributed by atoms with Crippen LogP contribution in [0, 0.1) is 5.82 Å².